The Morgan fingerprint density at radius 2 is 1.53 bits per heavy atom. The molecule has 0 amide bonds. The Hall–Kier alpha value is -3.68. The molecule has 6 nitrogen and oxygen atoms in total. The van der Waals surface area contributed by atoms with Crippen LogP contribution in [0.15, 0.2) is 94.2 Å². The van der Waals surface area contributed by atoms with E-state index in [9.17, 15) is 8.42 Å². The fourth-order valence-electron chi connectivity index (χ4n) is 3.41. The number of aromatic nitrogens is 2. The van der Waals surface area contributed by atoms with Gasteiger partial charge in [-0.3, -0.25) is 0 Å². The third kappa shape index (κ3) is 3.30. The predicted molar refractivity (Wildman–Crippen MR) is 116 cm³/mol. The number of para-hydroxylation sites is 1. The van der Waals surface area contributed by atoms with Crippen LogP contribution in [0.3, 0.4) is 0 Å². The summed E-state index contributed by atoms with van der Waals surface area (Å²) in [6, 6.07) is 25.9. The lowest BCUT2D eigenvalue weighted by atomic mass is 10.1. The lowest BCUT2D eigenvalue weighted by Gasteiger charge is -2.04. The summed E-state index contributed by atoms with van der Waals surface area (Å²) in [4.78, 5) is 8.21. The summed E-state index contributed by atoms with van der Waals surface area (Å²) in [5, 5.41) is 6.21. The van der Waals surface area contributed by atoms with Gasteiger partial charge >= 0.3 is 0 Å². The molecule has 7 heteroatoms. The van der Waals surface area contributed by atoms with E-state index in [1.54, 1.807) is 12.1 Å². The largest absolute Gasteiger partial charge is 0.453 e. The maximum absolute atomic E-state index is 11.6. The van der Waals surface area contributed by atoms with Gasteiger partial charge in [0.05, 0.1) is 16.3 Å². The minimum absolute atomic E-state index is 0.0561. The van der Waals surface area contributed by atoms with Crippen molar-refractivity contribution >= 4 is 21.0 Å². The third-order valence-electron chi connectivity index (χ3n) is 4.88. The monoisotopic (exact) mass is 415 g/mol. The quantitative estimate of drug-likeness (QED) is 0.440. The number of H-pyrrole nitrogens is 1. The summed E-state index contributed by atoms with van der Waals surface area (Å²) >= 11 is 0. The molecular formula is C23H17N3O3S. The Morgan fingerprint density at radius 3 is 2.23 bits per heavy atom. The summed E-state index contributed by atoms with van der Waals surface area (Å²) in [6.07, 6.45) is 0. The van der Waals surface area contributed by atoms with E-state index in [4.69, 9.17) is 14.5 Å². The van der Waals surface area contributed by atoms with Crippen molar-refractivity contribution in [3.63, 3.8) is 0 Å². The Morgan fingerprint density at radius 1 is 0.833 bits per heavy atom. The first-order valence-electron chi connectivity index (χ1n) is 9.27. The number of aromatic amines is 1. The van der Waals surface area contributed by atoms with E-state index in [0.29, 0.717) is 17.3 Å². The van der Waals surface area contributed by atoms with E-state index in [0.717, 1.165) is 27.8 Å². The Kier molecular flexibility index (Phi) is 4.27. The second kappa shape index (κ2) is 6.98. The Balaban J connectivity index is 1.67. The SMILES string of the molecule is NS(=O)(=O)c1ccc(-c2nc(-c3cc4ccccc4o3)[nH]c2-c2ccccc2)cc1. The number of rotatable bonds is 4. The molecule has 0 unspecified atom stereocenters. The second-order valence-corrected chi connectivity index (χ2v) is 8.45. The molecule has 0 aliphatic rings. The minimum atomic E-state index is -3.76. The van der Waals surface area contributed by atoms with E-state index in [1.807, 2.05) is 60.7 Å². The number of hydrogen-bond acceptors (Lipinski definition) is 4. The zero-order valence-electron chi connectivity index (χ0n) is 15.7. The van der Waals surface area contributed by atoms with Crippen LogP contribution in [0.5, 0.6) is 0 Å². The molecule has 0 saturated carbocycles. The molecule has 0 radical (unpaired) electrons. The number of furan rings is 1. The molecule has 30 heavy (non-hydrogen) atoms. The molecule has 0 saturated heterocycles. The van der Waals surface area contributed by atoms with E-state index >= 15 is 0 Å². The van der Waals surface area contributed by atoms with Gasteiger partial charge in [0.2, 0.25) is 10.0 Å². The molecule has 0 aliphatic carbocycles. The van der Waals surface area contributed by atoms with Crippen LogP contribution < -0.4 is 5.14 Å². The van der Waals surface area contributed by atoms with Crippen LogP contribution in [0.2, 0.25) is 0 Å². The average molecular weight is 415 g/mol. The zero-order chi connectivity index (χ0) is 20.7. The molecule has 2 aromatic heterocycles. The topological polar surface area (TPSA) is 102 Å². The lowest BCUT2D eigenvalue weighted by Crippen LogP contribution is -2.11. The number of nitrogens with zero attached hydrogens (tertiary/aromatic N) is 1. The molecule has 2 heterocycles. The molecule has 0 spiro atoms. The Bertz CT molecular complexity index is 1420. The lowest BCUT2D eigenvalue weighted by molar-refractivity contribution is 0.598. The maximum Gasteiger partial charge on any atom is 0.238 e. The van der Waals surface area contributed by atoms with Crippen LogP contribution in [-0.4, -0.2) is 18.4 Å². The van der Waals surface area contributed by atoms with Crippen LogP contribution in [-0.2, 0) is 10.0 Å². The third-order valence-corrected chi connectivity index (χ3v) is 5.81. The second-order valence-electron chi connectivity index (χ2n) is 6.89. The van der Waals surface area contributed by atoms with Crippen molar-refractivity contribution in [3.05, 3.63) is 84.9 Å². The standard InChI is InChI=1S/C23H17N3O3S/c24-30(27,28)18-12-10-16(11-13-18)22-21(15-6-2-1-3-7-15)25-23(26-22)20-14-17-8-4-5-9-19(17)29-20/h1-14H,(H,25,26)(H2,24,27,28). The van der Waals surface area contributed by atoms with Crippen molar-refractivity contribution in [3.8, 4) is 34.1 Å². The van der Waals surface area contributed by atoms with Crippen molar-refractivity contribution in [2.45, 2.75) is 4.90 Å². The Labute approximate surface area is 173 Å². The number of fused-ring (bicyclic) bond motifs is 1. The normalized spacial score (nSPS) is 11.8. The van der Waals surface area contributed by atoms with Crippen molar-refractivity contribution in [2.24, 2.45) is 5.14 Å². The number of benzene rings is 3. The molecule has 0 aliphatic heterocycles. The summed E-state index contributed by atoms with van der Waals surface area (Å²) in [5.41, 5.74) is 4.01. The number of primary sulfonamides is 1. The summed E-state index contributed by atoms with van der Waals surface area (Å²) in [7, 11) is -3.76. The molecular weight excluding hydrogens is 398 g/mol. The number of hydrogen-bond donors (Lipinski definition) is 2. The van der Waals surface area contributed by atoms with Gasteiger partial charge in [-0.25, -0.2) is 18.5 Å². The van der Waals surface area contributed by atoms with E-state index in [1.165, 1.54) is 12.1 Å². The first-order chi connectivity index (χ1) is 14.5. The molecule has 5 rings (SSSR count). The van der Waals surface area contributed by atoms with Crippen molar-refractivity contribution in [1.82, 2.24) is 9.97 Å². The van der Waals surface area contributed by atoms with Crippen LogP contribution in [0.25, 0.3) is 45.1 Å². The van der Waals surface area contributed by atoms with E-state index in [2.05, 4.69) is 4.98 Å². The zero-order valence-corrected chi connectivity index (χ0v) is 16.6. The van der Waals surface area contributed by atoms with Crippen molar-refractivity contribution < 1.29 is 12.8 Å². The van der Waals surface area contributed by atoms with E-state index in [-0.39, 0.29) is 4.90 Å². The first-order valence-corrected chi connectivity index (χ1v) is 10.8. The van der Waals surface area contributed by atoms with Gasteiger partial charge in [-0.1, -0.05) is 60.7 Å². The first kappa shape index (κ1) is 18.4. The van der Waals surface area contributed by atoms with Crippen molar-refractivity contribution in [2.75, 3.05) is 0 Å². The number of nitrogens with two attached hydrogens (primary N) is 1. The van der Waals surface area contributed by atoms with Gasteiger partial charge in [0, 0.05) is 16.5 Å². The molecule has 3 N–H and O–H groups in total. The summed E-state index contributed by atoms with van der Waals surface area (Å²) in [6.45, 7) is 0. The van der Waals surface area contributed by atoms with Gasteiger partial charge in [-0.05, 0) is 24.3 Å². The molecule has 5 aromatic rings. The highest BCUT2D eigenvalue weighted by Gasteiger charge is 2.18. The van der Waals surface area contributed by atoms with E-state index < -0.39 is 10.0 Å². The maximum atomic E-state index is 11.6. The van der Waals surface area contributed by atoms with Crippen LogP contribution in [0, 0.1) is 0 Å². The molecule has 3 aromatic carbocycles. The fraction of sp³-hybridized carbons (Fsp3) is 0. The molecule has 148 valence electrons. The van der Waals surface area contributed by atoms with Crippen LogP contribution in [0.1, 0.15) is 0 Å². The average Bonchev–Trinajstić information content (AvgIpc) is 3.38. The summed E-state index contributed by atoms with van der Waals surface area (Å²) < 4.78 is 29.1. The highest BCUT2D eigenvalue weighted by Crippen LogP contribution is 2.35. The van der Waals surface area contributed by atoms with Gasteiger partial charge in [0.25, 0.3) is 0 Å². The van der Waals surface area contributed by atoms with Gasteiger partial charge in [0.15, 0.2) is 11.6 Å². The van der Waals surface area contributed by atoms with Gasteiger partial charge in [0.1, 0.15) is 5.58 Å². The van der Waals surface area contributed by atoms with Gasteiger partial charge in [-0.15, -0.1) is 0 Å². The summed E-state index contributed by atoms with van der Waals surface area (Å²) in [5.74, 6) is 1.22. The van der Waals surface area contributed by atoms with Crippen molar-refractivity contribution in [1.29, 1.82) is 0 Å². The minimum Gasteiger partial charge on any atom is -0.453 e. The predicted octanol–water partition coefficient (Wildman–Crippen LogP) is 4.80. The molecule has 0 atom stereocenters. The highest BCUT2D eigenvalue weighted by molar-refractivity contribution is 7.89. The van der Waals surface area contributed by atoms with Crippen LogP contribution >= 0.6 is 0 Å². The van der Waals surface area contributed by atoms with Gasteiger partial charge in [-0.2, -0.15) is 0 Å². The molecule has 0 bridgehead atoms. The molecule has 0 fully saturated rings. The number of sulfonamides is 1. The highest BCUT2D eigenvalue weighted by atomic mass is 32.2. The van der Waals surface area contributed by atoms with Crippen LogP contribution in [0.4, 0.5) is 0 Å². The fourth-order valence-corrected chi connectivity index (χ4v) is 3.93. The van der Waals surface area contributed by atoms with Gasteiger partial charge < -0.3 is 9.40 Å². The number of nitrogens with one attached hydrogen (secondary N) is 1. The smallest absolute Gasteiger partial charge is 0.238 e. The number of imidazole rings is 1.